The van der Waals surface area contributed by atoms with Gasteiger partial charge in [0.1, 0.15) is 15.4 Å². The first-order valence-corrected chi connectivity index (χ1v) is 6.08. The standard InChI is InChI=1S/C10H18O4Si/c1-5-6-14-9(11)8(2)7-15-10(12-3)13-4/h10H,2,5-7H2,1,3-4H3. The molecule has 0 saturated heterocycles. The second-order valence-electron chi connectivity index (χ2n) is 2.92. The molecule has 5 heteroatoms. The van der Waals surface area contributed by atoms with Gasteiger partial charge < -0.3 is 14.2 Å². The zero-order valence-corrected chi connectivity index (χ0v) is 10.5. The van der Waals surface area contributed by atoms with E-state index in [0.29, 0.717) is 27.7 Å². The van der Waals surface area contributed by atoms with Gasteiger partial charge in [-0.05, 0) is 12.5 Å². The lowest BCUT2D eigenvalue weighted by Crippen LogP contribution is -2.22. The molecular formula is C10H18O4Si. The third kappa shape index (κ3) is 6.43. The van der Waals surface area contributed by atoms with Crippen LogP contribution in [-0.4, -0.2) is 42.2 Å². The summed E-state index contributed by atoms with van der Waals surface area (Å²) in [4.78, 5) is 11.3. The van der Waals surface area contributed by atoms with Gasteiger partial charge in [-0.3, -0.25) is 0 Å². The van der Waals surface area contributed by atoms with E-state index in [4.69, 9.17) is 14.2 Å². The Hall–Kier alpha value is -0.653. The normalized spacial score (nSPS) is 10.4. The minimum absolute atomic E-state index is 0.263. The topological polar surface area (TPSA) is 44.8 Å². The second-order valence-corrected chi connectivity index (χ2v) is 4.16. The number of carbonyl (C=O) groups excluding carboxylic acids is 1. The highest BCUT2D eigenvalue weighted by atomic mass is 28.2. The van der Waals surface area contributed by atoms with Gasteiger partial charge in [-0.15, -0.1) is 0 Å². The van der Waals surface area contributed by atoms with Crippen LogP contribution in [0.5, 0.6) is 0 Å². The largest absolute Gasteiger partial charge is 0.462 e. The monoisotopic (exact) mass is 230 g/mol. The van der Waals surface area contributed by atoms with E-state index in [0.717, 1.165) is 6.42 Å². The predicted molar refractivity (Wildman–Crippen MR) is 58.8 cm³/mol. The number of ether oxygens (including phenoxy) is 3. The van der Waals surface area contributed by atoms with Gasteiger partial charge in [0.25, 0.3) is 0 Å². The average molecular weight is 230 g/mol. The molecular weight excluding hydrogens is 212 g/mol. The molecule has 0 bridgehead atoms. The van der Waals surface area contributed by atoms with Crippen molar-refractivity contribution in [3.8, 4) is 0 Å². The molecule has 2 radical (unpaired) electrons. The molecule has 0 aromatic rings. The van der Waals surface area contributed by atoms with Crippen molar-refractivity contribution < 1.29 is 19.0 Å². The minimum Gasteiger partial charge on any atom is -0.462 e. The summed E-state index contributed by atoms with van der Waals surface area (Å²) < 4.78 is 15.0. The van der Waals surface area contributed by atoms with Crippen LogP contribution in [0.1, 0.15) is 13.3 Å². The van der Waals surface area contributed by atoms with Crippen molar-refractivity contribution in [2.24, 2.45) is 0 Å². The lowest BCUT2D eigenvalue weighted by molar-refractivity contribution is -0.138. The minimum atomic E-state index is -0.324. The van der Waals surface area contributed by atoms with Gasteiger partial charge in [0, 0.05) is 19.8 Å². The van der Waals surface area contributed by atoms with Crippen LogP contribution in [0.4, 0.5) is 0 Å². The van der Waals surface area contributed by atoms with Crippen LogP contribution in [0.2, 0.25) is 6.04 Å². The smallest absolute Gasteiger partial charge is 0.333 e. The van der Waals surface area contributed by atoms with Crippen molar-refractivity contribution in [2.45, 2.75) is 25.3 Å². The lowest BCUT2D eigenvalue weighted by atomic mass is 10.3. The summed E-state index contributed by atoms with van der Waals surface area (Å²) in [5, 5.41) is 0. The molecule has 0 spiro atoms. The fourth-order valence-electron chi connectivity index (χ4n) is 0.838. The number of hydrogen-bond donors (Lipinski definition) is 0. The molecule has 0 amide bonds. The first-order valence-electron chi connectivity index (χ1n) is 4.79. The summed E-state index contributed by atoms with van der Waals surface area (Å²) in [6, 6.07) is 0.550. The Morgan fingerprint density at radius 1 is 1.40 bits per heavy atom. The van der Waals surface area contributed by atoms with E-state index < -0.39 is 0 Å². The zero-order chi connectivity index (χ0) is 11.7. The molecule has 0 aliphatic carbocycles. The van der Waals surface area contributed by atoms with Crippen LogP contribution in [-0.2, 0) is 19.0 Å². The Morgan fingerprint density at radius 3 is 2.47 bits per heavy atom. The van der Waals surface area contributed by atoms with Crippen molar-refractivity contribution in [3.05, 3.63) is 12.2 Å². The molecule has 0 saturated carbocycles. The molecule has 0 N–H and O–H groups in total. The molecule has 0 heterocycles. The molecule has 86 valence electrons. The second kappa shape index (κ2) is 8.64. The Morgan fingerprint density at radius 2 is 2.00 bits per heavy atom. The third-order valence-corrected chi connectivity index (χ3v) is 3.07. The molecule has 0 aromatic heterocycles. The van der Waals surface area contributed by atoms with Gasteiger partial charge in [0.2, 0.25) is 0 Å². The van der Waals surface area contributed by atoms with Crippen LogP contribution in [0.15, 0.2) is 12.2 Å². The molecule has 0 rings (SSSR count). The van der Waals surface area contributed by atoms with Crippen LogP contribution in [0, 0.1) is 0 Å². The summed E-state index contributed by atoms with van der Waals surface area (Å²) in [6.07, 6.45) is 0.820. The predicted octanol–water partition coefficient (Wildman–Crippen LogP) is 1.19. The van der Waals surface area contributed by atoms with E-state index in [1.54, 1.807) is 14.2 Å². The third-order valence-electron chi connectivity index (χ3n) is 1.64. The molecule has 0 unspecified atom stereocenters. The van der Waals surface area contributed by atoms with Crippen molar-refractivity contribution in [2.75, 3.05) is 20.8 Å². The average Bonchev–Trinajstić information content (AvgIpc) is 2.26. The van der Waals surface area contributed by atoms with Crippen LogP contribution >= 0.6 is 0 Å². The maximum Gasteiger partial charge on any atom is 0.333 e. The Kier molecular flexibility index (Phi) is 8.26. The van der Waals surface area contributed by atoms with Crippen LogP contribution in [0.25, 0.3) is 0 Å². The van der Waals surface area contributed by atoms with Gasteiger partial charge in [0.05, 0.1) is 6.61 Å². The number of methoxy groups -OCH3 is 2. The molecule has 0 atom stereocenters. The van der Waals surface area contributed by atoms with Crippen LogP contribution in [0.3, 0.4) is 0 Å². The molecule has 0 aromatic carbocycles. The quantitative estimate of drug-likeness (QED) is 0.272. The zero-order valence-electron chi connectivity index (χ0n) is 9.54. The molecule has 0 aliphatic rings. The first kappa shape index (κ1) is 14.3. The van der Waals surface area contributed by atoms with Gasteiger partial charge in [-0.2, -0.15) is 0 Å². The number of hydrogen-bond acceptors (Lipinski definition) is 4. The Bertz CT molecular complexity index is 202. The maximum absolute atomic E-state index is 11.3. The maximum atomic E-state index is 11.3. The summed E-state index contributed by atoms with van der Waals surface area (Å²) >= 11 is 0. The van der Waals surface area contributed by atoms with Gasteiger partial charge in [-0.1, -0.05) is 13.5 Å². The van der Waals surface area contributed by atoms with Crippen molar-refractivity contribution >= 4 is 15.5 Å². The number of esters is 1. The summed E-state index contributed by atoms with van der Waals surface area (Å²) in [7, 11) is 3.49. The number of carbonyl (C=O) groups is 1. The van der Waals surface area contributed by atoms with E-state index in [1.807, 2.05) is 6.92 Å². The highest BCUT2D eigenvalue weighted by Gasteiger charge is 2.12. The van der Waals surface area contributed by atoms with Crippen molar-refractivity contribution in [3.63, 3.8) is 0 Å². The van der Waals surface area contributed by atoms with Crippen molar-refractivity contribution in [1.82, 2.24) is 0 Å². The lowest BCUT2D eigenvalue weighted by Gasteiger charge is -2.12. The van der Waals surface area contributed by atoms with E-state index in [1.165, 1.54) is 0 Å². The molecule has 4 nitrogen and oxygen atoms in total. The van der Waals surface area contributed by atoms with E-state index >= 15 is 0 Å². The molecule has 0 fully saturated rings. The van der Waals surface area contributed by atoms with Gasteiger partial charge in [-0.25, -0.2) is 4.79 Å². The Balaban J connectivity index is 3.77. The Labute approximate surface area is 93.4 Å². The first-order chi connectivity index (χ1) is 7.15. The number of rotatable bonds is 8. The van der Waals surface area contributed by atoms with E-state index in [-0.39, 0.29) is 11.9 Å². The summed E-state index contributed by atoms with van der Waals surface area (Å²) in [6.45, 7) is 6.06. The van der Waals surface area contributed by atoms with Gasteiger partial charge in [0.15, 0.2) is 0 Å². The van der Waals surface area contributed by atoms with E-state index in [9.17, 15) is 4.79 Å². The summed E-state index contributed by atoms with van der Waals surface area (Å²) in [5.41, 5.74) is 0.473. The molecule has 15 heavy (non-hydrogen) atoms. The SMILES string of the molecule is C=C(C[Si]C(OC)OC)C(=O)OCCC. The fraction of sp³-hybridized carbons (Fsp3) is 0.700. The highest BCUT2D eigenvalue weighted by Crippen LogP contribution is 2.04. The summed E-state index contributed by atoms with van der Waals surface area (Å²) in [5.74, 6) is -0.587. The van der Waals surface area contributed by atoms with Crippen molar-refractivity contribution in [1.29, 1.82) is 0 Å². The molecule has 0 aliphatic heterocycles. The van der Waals surface area contributed by atoms with E-state index in [2.05, 4.69) is 6.58 Å². The fourth-order valence-corrected chi connectivity index (χ4v) is 1.73. The van der Waals surface area contributed by atoms with Gasteiger partial charge >= 0.3 is 5.97 Å². The highest BCUT2D eigenvalue weighted by molar-refractivity contribution is 6.38. The van der Waals surface area contributed by atoms with Crippen LogP contribution < -0.4 is 0 Å².